The summed E-state index contributed by atoms with van der Waals surface area (Å²) in [4.78, 5) is 23.9. The summed E-state index contributed by atoms with van der Waals surface area (Å²) in [6, 6.07) is 10.4. The molecule has 2 aromatic rings. The van der Waals surface area contributed by atoms with E-state index < -0.39 is 23.7 Å². The summed E-state index contributed by atoms with van der Waals surface area (Å²) in [5.74, 6) is -1.04. The summed E-state index contributed by atoms with van der Waals surface area (Å²) < 4.78 is 24.5. The van der Waals surface area contributed by atoms with Gasteiger partial charge in [-0.2, -0.15) is 0 Å². The number of ether oxygens (including phenoxy) is 2. The molecule has 0 saturated heterocycles. The second kappa shape index (κ2) is 9.05. The molecule has 0 spiro atoms. The lowest BCUT2D eigenvalue weighted by Gasteiger charge is -2.15. The largest absolute Gasteiger partial charge is 0.494 e. The van der Waals surface area contributed by atoms with Crippen molar-refractivity contribution in [1.82, 2.24) is 10.9 Å². The van der Waals surface area contributed by atoms with Gasteiger partial charge in [-0.15, -0.1) is 0 Å². The van der Waals surface area contributed by atoms with E-state index >= 15 is 0 Å². The lowest BCUT2D eigenvalue weighted by molar-refractivity contribution is -0.128. The van der Waals surface area contributed by atoms with Crippen LogP contribution in [0.5, 0.6) is 11.5 Å². The molecule has 2 aromatic carbocycles. The van der Waals surface area contributed by atoms with Crippen LogP contribution in [-0.2, 0) is 4.79 Å². The lowest BCUT2D eigenvalue weighted by atomic mass is 10.2. The van der Waals surface area contributed by atoms with Gasteiger partial charge in [0.2, 0.25) is 0 Å². The number of carbonyl (C=O) groups is 2. The van der Waals surface area contributed by atoms with Crippen molar-refractivity contribution in [2.24, 2.45) is 0 Å². The molecule has 0 aliphatic carbocycles. The van der Waals surface area contributed by atoms with Crippen molar-refractivity contribution < 1.29 is 23.5 Å². The molecule has 1 atom stereocenters. The van der Waals surface area contributed by atoms with Crippen molar-refractivity contribution in [3.63, 3.8) is 0 Å². The summed E-state index contributed by atoms with van der Waals surface area (Å²) in [6.07, 6.45) is -0.886. The van der Waals surface area contributed by atoms with Gasteiger partial charge in [0.1, 0.15) is 17.3 Å². The van der Waals surface area contributed by atoms with Gasteiger partial charge in [-0.1, -0.05) is 11.6 Å². The van der Waals surface area contributed by atoms with Crippen molar-refractivity contribution >= 4 is 23.4 Å². The Bertz CT molecular complexity index is 783. The number of nitrogens with one attached hydrogen (secondary N) is 2. The molecule has 8 heteroatoms. The summed E-state index contributed by atoms with van der Waals surface area (Å²) >= 11 is 5.63. The average molecular weight is 381 g/mol. The molecule has 0 aliphatic heterocycles. The van der Waals surface area contributed by atoms with Gasteiger partial charge in [-0.3, -0.25) is 20.4 Å². The number of benzene rings is 2. The fourth-order valence-electron chi connectivity index (χ4n) is 2.00. The molecule has 0 fully saturated rings. The molecule has 2 rings (SSSR count). The predicted molar refractivity (Wildman–Crippen MR) is 94.7 cm³/mol. The molecule has 0 saturated carbocycles. The highest BCUT2D eigenvalue weighted by Crippen LogP contribution is 2.18. The van der Waals surface area contributed by atoms with Crippen LogP contribution in [0.2, 0.25) is 5.02 Å². The van der Waals surface area contributed by atoms with E-state index in [1.54, 1.807) is 24.3 Å². The van der Waals surface area contributed by atoms with Crippen molar-refractivity contribution in [3.8, 4) is 11.5 Å². The van der Waals surface area contributed by atoms with Crippen LogP contribution in [0.4, 0.5) is 4.39 Å². The normalized spacial score (nSPS) is 11.4. The van der Waals surface area contributed by atoms with E-state index in [1.807, 2.05) is 6.92 Å². The van der Waals surface area contributed by atoms with E-state index in [-0.39, 0.29) is 10.6 Å². The Balaban J connectivity index is 1.87. The molecule has 0 aliphatic rings. The molecule has 0 unspecified atom stereocenters. The third kappa shape index (κ3) is 5.35. The van der Waals surface area contributed by atoms with E-state index in [0.29, 0.717) is 18.1 Å². The minimum Gasteiger partial charge on any atom is -0.494 e. The van der Waals surface area contributed by atoms with Crippen molar-refractivity contribution in [2.45, 2.75) is 20.0 Å². The second-order valence-electron chi connectivity index (χ2n) is 5.23. The predicted octanol–water partition coefficient (Wildman–Crippen LogP) is 3.11. The number of hydrogen-bond donors (Lipinski definition) is 2. The van der Waals surface area contributed by atoms with Crippen LogP contribution >= 0.6 is 11.6 Å². The summed E-state index contributed by atoms with van der Waals surface area (Å²) in [6.45, 7) is 3.94. The number of hydrogen-bond acceptors (Lipinski definition) is 4. The highest BCUT2D eigenvalue weighted by atomic mass is 35.5. The zero-order chi connectivity index (χ0) is 19.1. The molecule has 0 aromatic heterocycles. The van der Waals surface area contributed by atoms with Crippen molar-refractivity contribution in [2.75, 3.05) is 6.61 Å². The SMILES string of the molecule is CCOc1ccc(O[C@@H](C)C(=O)NNC(=O)c2ccc(Cl)cc2F)cc1. The Morgan fingerprint density at radius 1 is 1.12 bits per heavy atom. The Labute approximate surface area is 155 Å². The molecule has 2 N–H and O–H groups in total. The van der Waals surface area contributed by atoms with E-state index in [0.717, 1.165) is 6.07 Å². The maximum absolute atomic E-state index is 13.7. The molecular weight excluding hydrogens is 363 g/mol. The topological polar surface area (TPSA) is 76.7 Å². The highest BCUT2D eigenvalue weighted by molar-refractivity contribution is 6.30. The van der Waals surface area contributed by atoms with Gasteiger partial charge >= 0.3 is 0 Å². The monoisotopic (exact) mass is 380 g/mol. The first-order valence-corrected chi connectivity index (χ1v) is 8.23. The van der Waals surface area contributed by atoms with E-state index in [2.05, 4.69) is 10.9 Å². The zero-order valence-electron chi connectivity index (χ0n) is 14.2. The molecule has 6 nitrogen and oxygen atoms in total. The quantitative estimate of drug-likeness (QED) is 0.755. The van der Waals surface area contributed by atoms with E-state index in [9.17, 15) is 14.0 Å². The lowest BCUT2D eigenvalue weighted by Crippen LogP contribution is -2.47. The third-order valence-electron chi connectivity index (χ3n) is 3.29. The molecule has 0 heterocycles. The third-order valence-corrected chi connectivity index (χ3v) is 3.53. The fourth-order valence-corrected chi connectivity index (χ4v) is 2.16. The number of amides is 2. The summed E-state index contributed by atoms with van der Waals surface area (Å²) in [5, 5.41) is 0.167. The van der Waals surface area contributed by atoms with E-state index in [4.69, 9.17) is 21.1 Å². The second-order valence-corrected chi connectivity index (χ2v) is 5.67. The Morgan fingerprint density at radius 3 is 2.38 bits per heavy atom. The Hall–Kier alpha value is -2.80. The smallest absolute Gasteiger partial charge is 0.279 e. The van der Waals surface area contributed by atoms with E-state index in [1.165, 1.54) is 19.1 Å². The van der Waals surface area contributed by atoms with Crippen LogP contribution in [0.25, 0.3) is 0 Å². The first kappa shape index (κ1) is 19.5. The van der Waals surface area contributed by atoms with Gasteiger partial charge in [-0.25, -0.2) is 4.39 Å². The average Bonchev–Trinajstić information content (AvgIpc) is 2.61. The van der Waals surface area contributed by atoms with Gasteiger partial charge in [0.15, 0.2) is 6.10 Å². The first-order chi connectivity index (χ1) is 12.4. The van der Waals surface area contributed by atoms with Crippen LogP contribution in [0.3, 0.4) is 0 Å². The van der Waals surface area contributed by atoms with Gasteiger partial charge in [0.05, 0.1) is 12.2 Å². The number of hydrazine groups is 1. The number of carbonyl (C=O) groups excluding carboxylic acids is 2. The van der Waals surface area contributed by atoms with Gasteiger partial charge in [0.25, 0.3) is 11.8 Å². The maximum Gasteiger partial charge on any atom is 0.279 e. The summed E-state index contributed by atoms with van der Waals surface area (Å²) in [5.41, 5.74) is 4.08. The molecule has 2 amide bonds. The van der Waals surface area contributed by atoms with Crippen LogP contribution in [0.1, 0.15) is 24.2 Å². The van der Waals surface area contributed by atoms with Crippen molar-refractivity contribution in [3.05, 3.63) is 58.9 Å². The van der Waals surface area contributed by atoms with Gasteiger partial charge in [-0.05, 0) is 56.3 Å². The van der Waals surface area contributed by atoms with Crippen molar-refractivity contribution in [1.29, 1.82) is 0 Å². The highest BCUT2D eigenvalue weighted by Gasteiger charge is 2.17. The molecule has 0 radical (unpaired) electrons. The standard InChI is InChI=1S/C18H18ClFN2O4/c1-3-25-13-5-7-14(8-6-13)26-11(2)17(23)21-22-18(24)15-9-4-12(19)10-16(15)20/h4-11H,3H2,1-2H3,(H,21,23)(H,22,24)/t11-/m0/s1. The van der Waals surface area contributed by atoms with Crippen LogP contribution < -0.4 is 20.3 Å². The minimum atomic E-state index is -0.886. The Morgan fingerprint density at radius 2 is 1.77 bits per heavy atom. The van der Waals surface area contributed by atoms with Gasteiger partial charge in [0, 0.05) is 5.02 Å². The molecular formula is C18H18ClFN2O4. The Kier molecular flexibility index (Phi) is 6.80. The maximum atomic E-state index is 13.7. The molecule has 138 valence electrons. The molecule has 0 bridgehead atoms. The first-order valence-electron chi connectivity index (χ1n) is 7.85. The summed E-state index contributed by atoms with van der Waals surface area (Å²) in [7, 11) is 0. The van der Waals surface area contributed by atoms with Gasteiger partial charge < -0.3 is 9.47 Å². The number of rotatable bonds is 6. The minimum absolute atomic E-state index is 0.167. The van der Waals surface area contributed by atoms with Crippen LogP contribution in [0.15, 0.2) is 42.5 Å². The number of halogens is 2. The zero-order valence-corrected chi connectivity index (χ0v) is 15.0. The molecule has 26 heavy (non-hydrogen) atoms. The van der Waals surface area contributed by atoms with Crippen LogP contribution in [0, 0.1) is 5.82 Å². The fraction of sp³-hybridized carbons (Fsp3) is 0.222. The van der Waals surface area contributed by atoms with Crippen LogP contribution in [-0.4, -0.2) is 24.5 Å².